The number of benzene rings is 1. The molecule has 1 rings (SSSR count). The number of nitrogens with one attached hydrogen (secondary N) is 1. The average molecular weight is 291 g/mol. The van der Waals surface area contributed by atoms with Gasteiger partial charge in [-0.2, -0.15) is 0 Å². The van der Waals surface area contributed by atoms with Crippen molar-refractivity contribution in [1.29, 1.82) is 0 Å². The van der Waals surface area contributed by atoms with Crippen LogP contribution in [0.1, 0.15) is 46.1 Å². The minimum absolute atomic E-state index is 0.0712. The summed E-state index contributed by atoms with van der Waals surface area (Å²) in [5, 5.41) is 3.50. The molecule has 118 valence electrons. The fourth-order valence-corrected chi connectivity index (χ4v) is 1.90. The van der Waals surface area contributed by atoms with E-state index in [9.17, 15) is 0 Å². The van der Waals surface area contributed by atoms with Gasteiger partial charge in [0.05, 0.1) is 13.2 Å². The van der Waals surface area contributed by atoms with Crippen LogP contribution in [0, 0.1) is 0 Å². The van der Waals surface area contributed by atoms with E-state index < -0.39 is 0 Å². The maximum absolute atomic E-state index is 5.98. The number of allylic oxidation sites excluding steroid dienone is 1. The van der Waals surface area contributed by atoms with Gasteiger partial charge in [-0.15, -0.1) is 6.58 Å². The Morgan fingerprint density at radius 1 is 1.24 bits per heavy atom. The zero-order valence-electron chi connectivity index (χ0n) is 13.9. The van der Waals surface area contributed by atoms with Crippen LogP contribution in [0.2, 0.25) is 0 Å². The van der Waals surface area contributed by atoms with Crippen LogP contribution in [0.4, 0.5) is 0 Å². The summed E-state index contributed by atoms with van der Waals surface area (Å²) >= 11 is 0. The molecule has 0 unspecified atom stereocenters. The molecule has 0 heterocycles. The number of hydrogen-bond acceptors (Lipinski definition) is 3. The average Bonchev–Trinajstić information content (AvgIpc) is 2.42. The highest BCUT2D eigenvalue weighted by molar-refractivity contribution is 5.46. The van der Waals surface area contributed by atoms with E-state index in [1.165, 1.54) is 0 Å². The predicted octanol–water partition coefficient (Wildman–Crippen LogP) is 4.32. The third-order valence-electron chi connectivity index (χ3n) is 2.97. The quantitative estimate of drug-likeness (QED) is 0.543. The van der Waals surface area contributed by atoms with E-state index in [4.69, 9.17) is 9.47 Å². The highest BCUT2D eigenvalue weighted by Crippen LogP contribution is 2.32. The number of para-hydroxylation sites is 1. The Morgan fingerprint density at radius 2 is 2.00 bits per heavy atom. The van der Waals surface area contributed by atoms with Crippen molar-refractivity contribution in [2.75, 3.05) is 13.2 Å². The van der Waals surface area contributed by atoms with Gasteiger partial charge in [-0.3, -0.25) is 0 Å². The van der Waals surface area contributed by atoms with E-state index in [0.29, 0.717) is 13.2 Å². The first-order valence-electron chi connectivity index (χ1n) is 7.71. The third kappa shape index (κ3) is 6.67. The molecule has 0 aliphatic heterocycles. The van der Waals surface area contributed by atoms with E-state index in [-0.39, 0.29) is 5.54 Å². The summed E-state index contributed by atoms with van der Waals surface area (Å²) in [6.07, 6.45) is 3.85. The normalized spacial score (nSPS) is 11.2. The zero-order valence-corrected chi connectivity index (χ0v) is 13.9. The van der Waals surface area contributed by atoms with Crippen LogP contribution in [0.5, 0.6) is 11.5 Å². The van der Waals surface area contributed by atoms with Crippen molar-refractivity contribution in [3.63, 3.8) is 0 Å². The first kappa shape index (κ1) is 17.6. The molecule has 1 aromatic rings. The lowest BCUT2D eigenvalue weighted by atomic mass is 10.1. The lowest BCUT2D eigenvalue weighted by Gasteiger charge is -2.22. The van der Waals surface area contributed by atoms with E-state index >= 15 is 0 Å². The minimum Gasteiger partial charge on any atom is -0.490 e. The lowest BCUT2D eigenvalue weighted by molar-refractivity contribution is 0.270. The van der Waals surface area contributed by atoms with Gasteiger partial charge < -0.3 is 14.8 Å². The molecular formula is C18H29NO2. The number of ether oxygens (including phenoxy) is 2. The van der Waals surface area contributed by atoms with Crippen molar-refractivity contribution >= 4 is 0 Å². The zero-order chi connectivity index (χ0) is 15.7. The Labute approximate surface area is 129 Å². The van der Waals surface area contributed by atoms with Gasteiger partial charge in [0.1, 0.15) is 0 Å². The van der Waals surface area contributed by atoms with Crippen molar-refractivity contribution in [2.45, 2.75) is 52.6 Å². The van der Waals surface area contributed by atoms with Crippen LogP contribution in [0.25, 0.3) is 0 Å². The second-order valence-electron chi connectivity index (χ2n) is 6.06. The Kier molecular flexibility index (Phi) is 7.30. The summed E-state index contributed by atoms with van der Waals surface area (Å²) in [6.45, 7) is 14.3. The van der Waals surface area contributed by atoms with Crippen LogP contribution < -0.4 is 14.8 Å². The fraction of sp³-hybridized carbons (Fsp3) is 0.556. The summed E-state index contributed by atoms with van der Waals surface area (Å²) in [7, 11) is 0. The SMILES string of the molecule is C=CCCCOc1c(CNC(C)(C)C)cccc1OCC. The molecule has 1 N–H and O–H groups in total. The van der Waals surface area contributed by atoms with Crippen LogP contribution in [-0.2, 0) is 6.54 Å². The number of rotatable bonds is 9. The molecule has 21 heavy (non-hydrogen) atoms. The molecule has 0 aliphatic carbocycles. The van der Waals surface area contributed by atoms with Crippen molar-refractivity contribution in [1.82, 2.24) is 5.32 Å². The van der Waals surface area contributed by atoms with E-state index in [1.807, 2.05) is 25.1 Å². The Bertz CT molecular complexity index is 435. The highest BCUT2D eigenvalue weighted by atomic mass is 16.5. The van der Waals surface area contributed by atoms with Crippen molar-refractivity contribution in [3.05, 3.63) is 36.4 Å². The van der Waals surface area contributed by atoms with Crippen molar-refractivity contribution in [3.8, 4) is 11.5 Å². The maximum Gasteiger partial charge on any atom is 0.165 e. The molecular weight excluding hydrogens is 262 g/mol. The highest BCUT2D eigenvalue weighted by Gasteiger charge is 2.14. The molecule has 3 heteroatoms. The van der Waals surface area contributed by atoms with Gasteiger partial charge in [0.2, 0.25) is 0 Å². The van der Waals surface area contributed by atoms with Gasteiger partial charge in [0, 0.05) is 17.6 Å². The Hall–Kier alpha value is -1.48. The topological polar surface area (TPSA) is 30.5 Å². The monoisotopic (exact) mass is 291 g/mol. The minimum atomic E-state index is 0.0712. The summed E-state index contributed by atoms with van der Waals surface area (Å²) in [6, 6.07) is 6.07. The van der Waals surface area contributed by atoms with E-state index in [0.717, 1.165) is 36.4 Å². The maximum atomic E-state index is 5.98. The van der Waals surface area contributed by atoms with Crippen LogP contribution in [0.15, 0.2) is 30.9 Å². The summed E-state index contributed by atoms with van der Waals surface area (Å²) in [5.41, 5.74) is 1.20. The lowest BCUT2D eigenvalue weighted by Crippen LogP contribution is -2.35. The molecule has 0 aliphatic rings. The van der Waals surface area contributed by atoms with Crippen LogP contribution in [0.3, 0.4) is 0 Å². The third-order valence-corrected chi connectivity index (χ3v) is 2.97. The molecule has 0 bridgehead atoms. The molecule has 0 saturated heterocycles. The largest absolute Gasteiger partial charge is 0.490 e. The number of unbranched alkanes of at least 4 members (excludes halogenated alkanes) is 1. The van der Waals surface area contributed by atoms with E-state index in [2.05, 4.69) is 38.7 Å². The molecule has 0 fully saturated rings. The predicted molar refractivity (Wildman–Crippen MR) is 89.1 cm³/mol. The van der Waals surface area contributed by atoms with Gasteiger partial charge in [-0.05, 0) is 46.6 Å². The van der Waals surface area contributed by atoms with Crippen molar-refractivity contribution < 1.29 is 9.47 Å². The molecule has 1 aromatic carbocycles. The summed E-state index contributed by atoms with van der Waals surface area (Å²) in [5.74, 6) is 1.68. The van der Waals surface area contributed by atoms with Gasteiger partial charge in [-0.25, -0.2) is 0 Å². The van der Waals surface area contributed by atoms with Crippen LogP contribution >= 0.6 is 0 Å². The van der Waals surface area contributed by atoms with Gasteiger partial charge in [-0.1, -0.05) is 18.2 Å². The second-order valence-corrected chi connectivity index (χ2v) is 6.06. The molecule has 3 nitrogen and oxygen atoms in total. The fourth-order valence-electron chi connectivity index (χ4n) is 1.90. The molecule has 0 amide bonds. The molecule has 0 radical (unpaired) electrons. The Balaban J connectivity index is 2.83. The van der Waals surface area contributed by atoms with Gasteiger partial charge in [0.15, 0.2) is 11.5 Å². The van der Waals surface area contributed by atoms with Crippen LogP contribution in [-0.4, -0.2) is 18.8 Å². The standard InChI is InChI=1S/C18H29NO2/c1-6-8-9-13-21-17-15(14-19-18(3,4)5)11-10-12-16(17)20-7-2/h6,10-12,19H,1,7-9,13-14H2,2-5H3. The molecule has 0 saturated carbocycles. The van der Waals surface area contributed by atoms with E-state index in [1.54, 1.807) is 0 Å². The summed E-state index contributed by atoms with van der Waals surface area (Å²) < 4.78 is 11.7. The molecule has 0 spiro atoms. The van der Waals surface area contributed by atoms with Gasteiger partial charge >= 0.3 is 0 Å². The summed E-state index contributed by atoms with van der Waals surface area (Å²) in [4.78, 5) is 0. The first-order chi connectivity index (χ1) is 9.98. The van der Waals surface area contributed by atoms with Gasteiger partial charge in [0.25, 0.3) is 0 Å². The molecule has 0 aromatic heterocycles. The Morgan fingerprint density at radius 3 is 2.62 bits per heavy atom. The second kappa shape index (κ2) is 8.73. The first-order valence-corrected chi connectivity index (χ1v) is 7.71. The smallest absolute Gasteiger partial charge is 0.165 e. The van der Waals surface area contributed by atoms with Crippen molar-refractivity contribution in [2.24, 2.45) is 0 Å². The molecule has 0 atom stereocenters. The number of hydrogen-bond donors (Lipinski definition) is 1.